The summed E-state index contributed by atoms with van der Waals surface area (Å²) in [4.78, 5) is 42.5. The fourth-order valence-corrected chi connectivity index (χ4v) is 8.10. The maximum Gasteiger partial charge on any atom is 0.236 e. The molecule has 1 unspecified atom stereocenters. The summed E-state index contributed by atoms with van der Waals surface area (Å²) < 4.78 is 7.43. The standard InChI is InChI=1S/C38H45N9O3/c1-25(2)50-33-11-8-29(21-39-33)35-31-20-30(9-10-32(31)41-42-35)47-19-15-38(37(47)49)14-18-45(23-38)22-34(48)46-16-12-27(13-17-46)26-4-6-28(7-5-26)36-40-24-44(3)43-36/h4-11,20-21,24-25,27,35,41-42H,12-19,22-23H2,1-3H3/t35?,38-/m0/s1. The molecule has 4 aromatic rings. The number of pyridine rings is 1. The van der Waals surface area contributed by atoms with Crippen LogP contribution in [0.4, 0.5) is 11.4 Å². The molecule has 0 aliphatic carbocycles. The molecule has 3 fully saturated rings. The van der Waals surface area contributed by atoms with Crippen LogP contribution in [-0.4, -0.2) is 86.7 Å². The summed E-state index contributed by atoms with van der Waals surface area (Å²) in [7, 11) is 1.87. The van der Waals surface area contributed by atoms with Gasteiger partial charge in [-0.1, -0.05) is 30.3 Å². The van der Waals surface area contributed by atoms with Gasteiger partial charge in [0.05, 0.1) is 29.8 Å². The third-order valence-electron chi connectivity index (χ3n) is 10.9. The van der Waals surface area contributed by atoms with Gasteiger partial charge in [0, 0.05) is 62.3 Å². The zero-order valence-electron chi connectivity index (χ0n) is 29.0. The summed E-state index contributed by atoms with van der Waals surface area (Å²) in [5.41, 5.74) is 12.5. The maximum absolute atomic E-state index is 14.1. The van der Waals surface area contributed by atoms with Gasteiger partial charge in [0.15, 0.2) is 5.82 Å². The molecule has 0 saturated carbocycles. The molecule has 260 valence electrons. The number of hydrogen-bond donors (Lipinski definition) is 2. The van der Waals surface area contributed by atoms with Crippen molar-refractivity contribution in [2.75, 3.05) is 49.6 Å². The van der Waals surface area contributed by atoms with Crippen molar-refractivity contribution in [1.29, 1.82) is 0 Å². The molecule has 4 aliphatic rings. The van der Waals surface area contributed by atoms with E-state index in [4.69, 9.17) is 4.74 Å². The Morgan fingerprint density at radius 3 is 2.48 bits per heavy atom. The molecule has 6 heterocycles. The van der Waals surface area contributed by atoms with Gasteiger partial charge in [0.2, 0.25) is 17.7 Å². The Balaban J connectivity index is 0.856. The fourth-order valence-electron chi connectivity index (χ4n) is 8.10. The molecule has 1 spiro atoms. The molecular weight excluding hydrogens is 630 g/mol. The number of carbonyl (C=O) groups is 2. The number of rotatable bonds is 8. The summed E-state index contributed by atoms with van der Waals surface area (Å²) in [6.07, 6.45) is 7.10. The van der Waals surface area contributed by atoms with E-state index in [9.17, 15) is 9.59 Å². The van der Waals surface area contributed by atoms with Crippen molar-refractivity contribution in [3.63, 3.8) is 0 Å². The molecule has 0 bridgehead atoms. The molecule has 12 heteroatoms. The number of nitrogens with one attached hydrogen (secondary N) is 2. The highest BCUT2D eigenvalue weighted by Crippen LogP contribution is 2.44. The smallest absolute Gasteiger partial charge is 0.236 e. The molecule has 8 rings (SSSR count). The fraction of sp³-hybridized carbons (Fsp3) is 0.447. The van der Waals surface area contributed by atoms with Crippen LogP contribution in [0.25, 0.3) is 11.4 Å². The van der Waals surface area contributed by atoms with Gasteiger partial charge in [-0.25, -0.2) is 15.4 Å². The first-order chi connectivity index (χ1) is 24.2. The number of aryl methyl sites for hydroxylation is 1. The lowest BCUT2D eigenvalue weighted by Crippen LogP contribution is -2.44. The molecule has 2 N–H and O–H groups in total. The van der Waals surface area contributed by atoms with E-state index < -0.39 is 5.41 Å². The van der Waals surface area contributed by atoms with E-state index in [2.05, 4.69) is 61.1 Å². The lowest BCUT2D eigenvalue weighted by Gasteiger charge is -2.33. The van der Waals surface area contributed by atoms with Gasteiger partial charge in [-0.05, 0) is 81.3 Å². The van der Waals surface area contributed by atoms with Crippen molar-refractivity contribution in [3.05, 3.63) is 83.8 Å². The second-order valence-corrected chi connectivity index (χ2v) is 14.5. The summed E-state index contributed by atoms with van der Waals surface area (Å²) in [5.74, 6) is 2.11. The van der Waals surface area contributed by atoms with Gasteiger partial charge in [-0.2, -0.15) is 5.10 Å². The highest BCUT2D eigenvalue weighted by Gasteiger charge is 2.51. The number of hydrogen-bond acceptors (Lipinski definition) is 9. The first kappa shape index (κ1) is 32.4. The number of likely N-dealkylation sites (tertiary alicyclic amines) is 2. The molecule has 50 heavy (non-hydrogen) atoms. The normalized spacial score (nSPS) is 22.5. The monoisotopic (exact) mass is 675 g/mol. The third kappa shape index (κ3) is 6.22. The zero-order valence-corrected chi connectivity index (χ0v) is 29.0. The summed E-state index contributed by atoms with van der Waals surface area (Å²) >= 11 is 0. The minimum absolute atomic E-state index is 0.0620. The topological polar surface area (TPSA) is 121 Å². The van der Waals surface area contributed by atoms with E-state index in [0.29, 0.717) is 31.4 Å². The number of aromatic nitrogens is 4. The van der Waals surface area contributed by atoms with Gasteiger partial charge in [-0.15, -0.1) is 0 Å². The minimum Gasteiger partial charge on any atom is -0.475 e. The first-order valence-corrected chi connectivity index (χ1v) is 17.8. The van der Waals surface area contributed by atoms with Crippen LogP contribution < -0.4 is 20.5 Å². The molecule has 2 aromatic heterocycles. The number of benzene rings is 2. The molecule has 2 atom stereocenters. The Bertz CT molecular complexity index is 1870. The predicted molar refractivity (Wildman–Crippen MR) is 190 cm³/mol. The van der Waals surface area contributed by atoms with E-state index in [1.165, 1.54) is 5.56 Å². The number of carbonyl (C=O) groups excluding carboxylic acids is 2. The predicted octanol–water partition coefficient (Wildman–Crippen LogP) is 4.52. The quantitative estimate of drug-likeness (QED) is 0.278. The molecule has 2 amide bonds. The Labute approximate surface area is 292 Å². The SMILES string of the molecule is CC(C)Oc1ccc(C2NNc3ccc(N4CC[C@]5(CCN(CC(=O)N6CCC(c7ccc(-c8ncn(C)n8)cc7)CC6)C5)C4=O)cc32)cn1. The lowest BCUT2D eigenvalue weighted by atomic mass is 9.85. The van der Waals surface area contributed by atoms with Crippen molar-refractivity contribution >= 4 is 23.2 Å². The van der Waals surface area contributed by atoms with Crippen LogP contribution in [0.1, 0.15) is 68.2 Å². The van der Waals surface area contributed by atoms with E-state index in [1.54, 1.807) is 11.0 Å². The number of hydrazine groups is 1. The Morgan fingerprint density at radius 2 is 1.76 bits per heavy atom. The van der Waals surface area contributed by atoms with Crippen LogP contribution in [0.2, 0.25) is 0 Å². The van der Waals surface area contributed by atoms with Crippen LogP contribution in [0.5, 0.6) is 5.88 Å². The number of ether oxygens (including phenoxy) is 1. The average molecular weight is 676 g/mol. The summed E-state index contributed by atoms with van der Waals surface area (Å²) in [6.45, 7) is 7.94. The zero-order chi connectivity index (χ0) is 34.4. The number of amides is 2. The van der Waals surface area contributed by atoms with Crippen molar-refractivity contribution in [3.8, 4) is 17.3 Å². The van der Waals surface area contributed by atoms with Gasteiger partial charge in [0.25, 0.3) is 0 Å². The van der Waals surface area contributed by atoms with Crippen LogP contribution in [-0.2, 0) is 16.6 Å². The molecular formula is C38H45N9O3. The van der Waals surface area contributed by atoms with Crippen LogP contribution >= 0.6 is 0 Å². The Morgan fingerprint density at radius 1 is 0.980 bits per heavy atom. The number of fused-ring (bicyclic) bond motifs is 1. The van der Waals surface area contributed by atoms with Crippen LogP contribution in [0.3, 0.4) is 0 Å². The highest BCUT2D eigenvalue weighted by molar-refractivity contribution is 6.00. The summed E-state index contributed by atoms with van der Waals surface area (Å²) in [6, 6.07) is 18.5. The average Bonchev–Trinajstić information content (AvgIpc) is 3.92. The molecule has 4 aliphatic heterocycles. The van der Waals surface area contributed by atoms with Crippen LogP contribution in [0, 0.1) is 5.41 Å². The number of piperidine rings is 1. The molecule has 2 aromatic carbocycles. The van der Waals surface area contributed by atoms with Crippen molar-refractivity contribution in [2.24, 2.45) is 12.5 Å². The first-order valence-electron chi connectivity index (χ1n) is 17.8. The second-order valence-electron chi connectivity index (χ2n) is 14.5. The van der Waals surface area contributed by atoms with E-state index in [0.717, 1.165) is 79.2 Å². The van der Waals surface area contributed by atoms with Gasteiger partial charge < -0.3 is 20.0 Å². The number of anilines is 2. The lowest BCUT2D eigenvalue weighted by molar-refractivity contribution is -0.133. The van der Waals surface area contributed by atoms with Gasteiger partial charge >= 0.3 is 0 Å². The summed E-state index contributed by atoms with van der Waals surface area (Å²) in [5, 5.41) is 4.40. The van der Waals surface area contributed by atoms with Crippen molar-refractivity contribution < 1.29 is 14.3 Å². The van der Waals surface area contributed by atoms with E-state index >= 15 is 0 Å². The van der Waals surface area contributed by atoms with Gasteiger partial charge in [0.1, 0.15) is 6.33 Å². The van der Waals surface area contributed by atoms with E-state index in [-0.39, 0.29) is 24.0 Å². The Hall–Kier alpha value is -4.81. The highest BCUT2D eigenvalue weighted by atomic mass is 16.5. The molecule has 12 nitrogen and oxygen atoms in total. The van der Waals surface area contributed by atoms with Crippen LogP contribution in [0.15, 0.2) is 67.1 Å². The largest absolute Gasteiger partial charge is 0.475 e. The second kappa shape index (κ2) is 13.1. The molecule has 3 saturated heterocycles. The Kier molecular flexibility index (Phi) is 8.52. The van der Waals surface area contributed by atoms with Gasteiger partial charge in [-0.3, -0.25) is 19.2 Å². The minimum atomic E-state index is -0.435. The van der Waals surface area contributed by atoms with Crippen molar-refractivity contribution in [2.45, 2.75) is 57.6 Å². The van der Waals surface area contributed by atoms with Crippen molar-refractivity contribution in [1.82, 2.24) is 35.0 Å². The maximum atomic E-state index is 14.1. The third-order valence-corrected chi connectivity index (χ3v) is 10.9. The number of nitrogens with zero attached hydrogens (tertiary/aromatic N) is 7. The van der Waals surface area contributed by atoms with E-state index in [1.807, 2.05) is 61.2 Å². The molecule has 0 radical (unpaired) electrons.